The lowest BCUT2D eigenvalue weighted by Crippen LogP contribution is -2.06. The summed E-state index contributed by atoms with van der Waals surface area (Å²) in [6.45, 7) is 4.23. The average molecular weight is 178 g/mol. The molecule has 0 radical (unpaired) electrons. The number of nitrogens with zero attached hydrogens (tertiary/aromatic N) is 3. The third-order valence-electron chi connectivity index (χ3n) is 2.47. The minimum absolute atomic E-state index is 0.362. The summed E-state index contributed by atoms with van der Waals surface area (Å²) in [5, 5.41) is 0. The molecule has 1 aromatic heterocycles. The quantitative estimate of drug-likeness (QED) is 0.737. The van der Waals surface area contributed by atoms with Gasteiger partial charge in [-0.1, -0.05) is 13.8 Å². The van der Waals surface area contributed by atoms with Gasteiger partial charge in [0.1, 0.15) is 11.6 Å². The van der Waals surface area contributed by atoms with E-state index in [2.05, 4.69) is 21.9 Å². The van der Waals surface area contributed by atoms with Gasteiger partial charge in [-0.15, -0.1) is 0 Å². The van der Waals surface area contributed by atoms with Crippen LogP contribution in [0.1, 0.15) is 37.8 Å². The molecule has 1 fully saturated rings. The molecule has 2 N–H and O–H groups in total. The summed E-state index contributed by atoms with van der Waals surface area (Å²) in [6.07, 6.45) is 2.01. The van der Waals surface area contributed by atoms with Gasteiger partial charge in [0.15, 0.2) is 0 Å². The zero-order valence-electron chi connectivity index (χ0n) is 7.99. The summed E-state index contributed by atoms with van der Waals surface area (Å²) in [5.41, 5.74) is 5.58. The van der Waals surface area contributed by atoms with Gasteiger partial charge in [-0.3, -0.25) is 0 Å². The van der Waals surface area contributed by atoms with Crippen LogP contribution in [0.2, 0.25) is 0 Å². The van der Waals surface area contributed by atoms with Crippen molar-refractivity contribution in [3.05, 3.63) is 11.6 Å². The zero-order chi connectivity index (χ0) is 9.42. The average Bonchev–Trinajstić information content (AvgIpc) is 2.81. The smallest absolute Gasteiger partial charge is 0.223 e. The Bertz CT molecular complexity index is 323. The molecule has 0 saturated heterocycles. The van der Waals surface area contributed by atoms with Gasteiger partial charge < -0.3 is 5.73 Å². The van der Waals surface area contributed by atoms with Crippen LogP contribution in [0.5, 0.6) is 0 Å². The van der Waals surface area contributed by atoms with Crippen molar-refractivity contribution >= 4 is 5.95 Å². The van der Waals surface area contributed by atoms with Crippen molar-refractivity contribution in [3.63, 3.8) is 0 Å². The summed E-state index contributed by atoms with van der Waals surface area (Å²) in [6, 6.07) is 0. The monoisotopic (exact) mass is 178 g/mol. The van der Waals surface area contributed by atoms with Crippen LogP contribution in [-0.4, -0.2) is 15.0 Å². The fourth-order valence-corrected chi connectivity index (χ4v) is 1.46. The third kappa shape index (κ3) is 1.61. The Morgan fingerprint density at radius 2 is 2.08 bits per heavy atom. The van der Waals surface area contributed by atoms with Crippen LogP contribution in [0.3, 0.4) is 0 Å². The molecule has 1 aliphatic rings. The van der Waals surface area contributed by atoms with E-state index in [9.17, 15) is 0 Å². The molecule has 1 aromatic rings. The SMILES string of the molecule is CCc1nc(N)nc(C2CC2C)n1. The maximum absolute atomic E-state index is 5.58. The van der Waals surface area contributed by atoms with Crippen LogP contribution in [0.4, 0.5) is 5.95 Å². The number of nitrogen functional groups attached to an aromatic ring is 1. The lowest BCUT2D eigenvalue weighted by atomic mass is 10.3. The Morgan fingerprint density at radius 1 is 1.38 bits per heavy atom. The van der Waals surface area contributed by atoms with Gasteiger partial charge in [0, 0.05) is 12.3 Å². The molecule has 0 aliphatic heterocycles. The van der Waals surface area contributed by atoms with E-state index >= 15 is 0 Å². The van der Waals surface area contributed by atoms with Gasteiger partial charge in [0.05, 0.1) is 0 Å². The second-order valence-corrected chi connectivity index (χ2v) is 3.64. The molecule has 0 spiro atoms. The van der Waals surface area contributed by atoms with E-state index in [-0.39, 0.29) is 0 Å². The van der Waals surface area contributed by atoms with Gasteiger partial charge in [-0.25, -0.2) is 4.98 Å². The van der Waals surface area contributed by atoms with Crippen LogP contribution in [0.15, 0.2) is 0 Å². The predicted octanol–water partition coefficient (Wildman–Crippen LogP) is 1.14. The van der Waals surface area contributed by atoms with E-state index in [0.717, 1.165) is 18.1 Å². The van der Waals surface area contributed by atoms with Gasteiger partial charge >= 0.3 is 0 Å². The number of hydrogen-bond acceptors (Lipinski definition) is 4. The fraction of sp³-hybridized carbons (Fsp3) is 0.667. The third-order valence-corrected chi connectivity index (χ3v) is 2.47. The van der Waals surface area contributed by atoms with E-state index in [1.165, 1.54) is 6.42 Å². The first kappa shape index (κ1) is 8.41. The highest BCUT2D eigenvalue weighted by atomic mass is 15.1. The maximum Gasteiger partial charge on any atom is 0.223 e. The first-order chi connectivity index (χ1) is 6.20. The van der Waals surface area contributed by atoms with E-state index in [1.54, 1.807) is 0 Å². The lowest BCUT2D eigenvalue weighted by molar-refractivity contribution is 0.792. The van der Waals surface area contributed by atoms with Crippen molar-refractivity contribution in [1.29, 1.82) is 0 Å². The van der Waals surface area contributed by atoms with Crippen molar-refractivity contribution in [3.8, 4) is 0 Å². The van der Waals surface area contributed by atoms with Crippen molar-refractivity contribution in [2.75, 3.05) is 5.73 Å². The second-order valence-electron chi connectivity index (χ2n) is 3.64. The van der Waals surface area contributed by atoms with Gasteiger partial charge in [0.25, 0.3) is 0 Å². The lowest BCUT2D eigenvalue weighted by Gasteiger charge is -2.01. The van der Waals surface area contributed by atoms with Crippen LogP contribution in [-0.2, 0) is 6.42 Å². The highest BCUT2D eigenvalue weighted by Crippen LogP contribution is 2.45. The molecule has 0 bridgehead atoms. The van der Waals surface area contributed by atoms with Crippen LogP contribution in [0.25, 0.3) is 0 Å². The van der Waals surface area contributed by atoms with Gasteiger partial charge in [-0.05, 0) is 12.3 Å². The largest absolute Gasteiger partial charge is 0.368 e. The highest BCUT2D eigenvalue weighted by Gasteiger charge is 2.36. The number of rotatable bonds is 2. The van der Waals surface area contributed by atoms with E-state index in [4.69, 9.17) is 5.73 Å². The Kier molecular flexibility index (Phi) is 1.90. The van der Waals surface area contributed by atoms with E-state index < -0.39 is 0 Å². The van der Waals surface area contributed by atoms with Crippen molar-refractivity contribution in [2.45, 2.75) is 32.6 Å². The van der Waals surface area contributed by atoms with Crippen LogP contribution in [0, 0.1) is 5.92 Å². The van der Waals surface area contributed by atoms with E-state index in [1.807, 2.05) is 6.92 Å². The van der Waals surface area contributed by atoms with Gasteiger partial charge in [0.2, 0.25) is 5.95 Å². The molecular formula is C9H14N4. The van der Waals surface area contributed by atoms with Gasteiger partial charge in [-0.2, -0.15) is 9.97 Å². The number of anilines is 1. The molecule has 13 heavy (non-hydrogen) atoms. The summed E-state index contributed by atoms with van der Waals surface area (Å²) in [4.78, 5) is 12.6. The molecule has 2 rings (SSSR count). The number of nitrogens with two attached hydrogens (primary N) is 1. The normalized spacial score (nSPS) is 26.0. The predicted molar refractivity (Wildman–Crippen MR) is 50.1 cm³/mol. The Balaban J connectivity index is 2.30. The molecule has 2 atom stereocenters. The Labute approximate surface area is 77.6 Å². The van der Waals surface area contributed by atoms with Crippen LogP contribution >= 0.6 is 0 Å². The molecule has 4 heteroatoms. The number of aromatic nitrogens is 3. The van der Waals surface area contributed by atoms with E-state index in [0.29, 0.717) is 17.8 Å². The standard InChI is InChI=1S/C9H14N4/c1-3-7-11-8(6-4-5(6)2)13-9(10)12-7/h5-6H,3-4H2,1-2H3,(H2,10,11,12,13). The molecule has 0 amide bonds. The molecule has 1 heterocycles. The molecule has 4 nitrogen and oxygen atoms in total. The van der Waals surface area contributed by atoms with Crippen molar-refractivity contribution < 1.29 is 0 Å². The molecule has 1 aliphatic carbocycles. The summed E-state index contributed by atoms with van der Waals surface area (Å²) in [7, 11) is 0. The summed E-state index contributed by atoms with van der Waals surface area (Å²) < 4.78 is 0. The topological polar surface area (TPSA) is 64.7 Å². The van der Waals surface area contributed by atoms with Crippen molar-refractivity contribution in [2.24, 2.45) is 5.92 Å². The zero-order valence-corrected chi connectivity index (χ0v) is 7.99. The molecule has 2 unspecified atom stereocenters. The molecule has 0 aromatic carbocycles. The first-order valence-electron chi connectivity index (χ1n) is 4.71. The molecule has 1 saturated carbocycles. The highest BCUT2D eigenvalue weighted by molar-refractivity contribution is 5.20. The maximum atomic E-state index is 5.58. The molecule has 70 valence electrons. The Morgan fingerprint density at radius 3 is 2.62 bits per heavy atom. The minimum atomic E-state index is 0.362. The first-order valence-corrected chi connectivity index (χ1v) is 4.71. The second kappa shape index (κ2) is 2.94. The summed E-state index contributed by atoms with van der Waals surface area (Å²) >= 11 is 0. The fourth-order valence-electron chi connectivity index (χ4n) is 1.46. The van der Waals surface area contributed by atoms with Crippen molar-refractivity contribution in [1.82, 2.24) is 15.0 Å². The van der Waals surface area contributed by atoms with Crippen LogP contribution < -0.4 is 5.73 Å². The number of aryl methyl sites for hydroxylation is 1. The molecular weight excluding hydrogens is 164 g/mol. The summed E-state index contributed by atoms with van der Waals surface area (Å²) in [5.74, 6) is 3.29. The Hall–Kier alpha value is -1.19. The number of hydrogen-bond donors (Lipinski definition) is 1. The minimum Gasteiger partial charge on any atom is -0.368 e.